The molecule has 0 amide bonds. The summed E-state index contributed by atoms with van der Waals surface area (Å²) in [5.41, 5.74) is 0.395. The van der Waals surface area contributed by atoms with Crippen LogP contribution in [0, 0.1) is 20.8 Å². The van der Waals surface area contributed by atoms with Crippen molar-refractivity contribution in [2.45, 2.75) is 32.6 Å². The Hall–Kier alpha value is -2.20. The molecular weight excluding hydrogens is 356 g/mol. The first-order chi connectivity index (χ1) is 12.3. The highest BCUT2D eigenvalue weighted by atomic mass is 32.2. The summed E-state index contributed by atoms with van der Waals surface area (Å²) in [4.78, 5) is 11.1. The van der Waals surface area contributed by atoms with Crippen molar-refractivity contribution in [1.82, 2.24) is 19.4 Å². The summed E-state index contributed by atoms with van der Waals surface area (Å²) in [6, 6.07) is 1.90. The number of nitrogens with zero attached hydrogens (tertiary/aromatic N) is 5. The predicted octanol–water partition coefficient (Wildman–Crippen LogP) is 1.33. The molecule has 0 atom stereocenters. The Bertz CT molecular complexity index is 868. The molecule has 0 saturated carbocycles. The average Bonchev–Trinajstić information content (AvgIpc) is 2.94. The fraction of sp³-hybridized carbons (Fsp3) is 0.562. The number of anilines is 2. The van der Waals surface area contributed by atoms with Crippen molar-refractivity contribution in [2.24, 2.45) is 0 Å². The lowest BCUT2D eigenvalue weighted by Gasteiger charge is -2.34. The van der Waals surface area contributed by atoms with Crippen molar-refractivity contribution in [3.63, 3.8) is 0 Å². The first-order valence-electron chi connectivity index (χ1n) is 8.60. The number of hydrogen-bond donors (Lipinski definition) is 1. The van der Waals surface area contributed by atoms with Crippen molar-refractivity contribution in [3.05, 3.63) is 23.3 Å². The van der Waals surface area contributed by atoms with Crippen LogP contribution in [0.15, 0.2) is 15.5 Å². The second-order valence-electron chi connectivity index (χ2n) is 6.23. The van der Waals surface area contributed by atoms with Crippen molar-refractivity contribution < 1.29 is 12.9 Å². The number of hydrogen-bond acceptors (Lipinski definition) is 8. The van der Waals surface area contributed by atoms with E-state index in [9.17, 15) is 8.42 Å². The van der Waals surface area contributed by atoms with Gasteiger partial charge in [-0.3, -0.25) is 0 Å². The van der Waals surface area contributed by atoms with Crippen LogP contribution in [-0.4, -0.2) is 60.6 Å². The van der Waals surface area contributed by atoms with Crippen LogP contribution in [0.25, 0.3) is 0 Å². The normalized spacial score (nSPS) is 16.1. The third-order valence-electron chi connectivity index (χ3n) is 4.31. The maximum absolute atomic E-state index is 12.9. The lowest BCUT2D eigenvalue weighted by Crippen LogP contribution is -2.49. The van der Waals surface area contributed by atoms with E-state index in [0.29, 0.717) is 43.5 Å². The molecule has 1 aliphatic rings. The molecule has 9 nitrogen and oxygen atoms in total. The Morgan fingerprint density at radius 3 is 2.42 bits per heavy atom. The molecule has 3 heterocycles. The Balaban J connectivity index is 1.75. The van der Waals surface area contributed by atoms with Gasteiger partial charge in [-0.05, 0) is 27.7 Å². The van der Waals surface area contributed by atoms with E-state index in [4.69, 9.17) is 4.52 Å². The van der Waals surface area contributed by atoms with E-state index in [1.54, 1.807) is 13.8 Å². The Labute approximate surface area is 153 Å². The van der Waals surface area contributed by atoms with Gasteiger partial charge in [0.15, 0.2) is 5.76 Å². The zero-order valence-corrected chi connectivity index (χ0v) is 16.3. The molecular formula is C16H24N6O3S. The summed E-state index contributed by atoms with van der Waals surface area (Å²) >= 11 is 0. The second kappa shape index (κ2) is 7.20. The fourth-order valence-corrected chi connectivity index (χ4v) is 4.83. The molecule has 3 rings (SSSR count). The van der Waals surface area contributed by atoms with Crippen molar-refractivity contribution >= 4 is 21.7 Å². The molecule has 0 radical (unpaired) electrons. The lowest BCUT2D eigenvalue weighted by molar-refractivity contribution is 0.377. The highest BCUT2D eigenvalue weighted by Crippen LogP contribution is 2.25. The van der Waals surface area contributed by atoms with E-state index in [0.717, 1.165) is 18.2 Å². The van der Waals surface area contributed by atoms with E-state index in [2.05, 4.69) is 25.3 Å². The van der Waals surface area contributed by atoms with Crippen molar-refractivity contribution in [1.29, 1.82) is 0 Å². The number of nitrogens with one attached hydrogen (secondary N) is 1. The molecule has 0 spiro atoms. The second-order valence-corrected chi connectivity index (χ2v) is 8.11. The zero-order chi connectivity index (χ0) is 18.9. The fourth-order valence-electron chi connectivity index (χ4n) is 3.12. The molecule has 10 heteroatoms. The standard InChI is InChI=1S/C16H24N6O3S/c1-5-17-14-10-15(19-13(4)18-14)21-6-8-22(9-7-21)26(23,24)16-11(2)20-25-12(16)3/h10H,5-9H2,1-4H3,(H,17,18,19). The number of piperazine rings is 1. The first kappa shape index (κ1) is 18.6. The molecule has 2 aromatic heterocycles. The van der Waals surface area contributed by atoms with E-state index >= 15 is 0 Å². The molecule has 2 aromatic rings. The molecule has 0 aromatic carbocycles. The van der Waals surface area contributed by atoms with Gasteiger partial charge in [0, 0.05) is 38.8 Å². The predicted molar refractivity (Wildman–Crippen MR) is 97.9 cm³/mol. The maximum atomic E-state index is 12.9. The first-order valence-corrected chi connectivity index (χ1v) is 10.0. The quantitative estimate of drug-likeness (QED) is 0.828. The van der Waals surface area contributed by atoms with Crippen LogP contribution >= 0.6 is 0 Å². The summed E-state index contributed by atoms with van der Waals surface area (Å²) in [5, 5.41) is 6.95. The molecule has 142 valence electrons. The molecule has 1 fully saturated rings. The van der Waals surface area contributed by atoms with Gasteiger partial charge in [-0.15, -0.1) is 0 Å². The van der Waals surface area contributed by atoms with Crippen LogP contribution in [0.1, 0.15) is 24.2 Å². The largest absolute Gasteiger partial charge is 0.370 e. The number of aryl methyl sites for hydroxylation is 3. The minimum atomic E-state index is -3.61. The maximum Gasteiger partial charge on any atom is 0.248 e. The molecule has 1 N–H and O–H groups in total. The van der Waals surface area contributed by atoms with Crippen molar-refractivity contribution in [2.75, 3.05) is 42.9 Å². The van der Waals surface area contributed by atoms with Gasteiger partial charge >= 0.3 is 0 Å². The molecule has 1 aliphatic heterocycles. The highest BCUT2D eigenvalue weighted by Gasteiger charge is 2.33. The van der Waals surface area contributed by atoms with Crippen LogP contribution < -0.4 is 10.2 Å². The Morgan fingerprint density at radius 2 is 1.85 bits per heavy atom. The van der Waals surface area contributed by atoms with Gasteiger partial charge < -0.3 is 14.7 Å². The van der Waals surface area contributed by atoms with Crippen LogP contribution in [0.2, 0.25) is 0 Å². The highest BCUT2D eigenvalue weighted by molar-refractivity contribution is 7.89. The lowest BCUT2D eigenvalue weighted by atomic mass is 10.3. The van der Waals surface area contributed by atoms with Crippen LogP contribution in [-0.2, 0) is 10.0 Å². The van der Waals surface area contributed by atoms with Crippen LogP contribution in [0.4, 0.5) is 11.6 Å². The van der Waals surface area contributed by atoms with Gasteiger partial charge in [-0.1, -0.05) is 5.16 Å². The van der Waals surface area contributed by atoms with E-state index < -0.39 is 10.0 Å². The SMILES string of the molecule is CCNc1cc(N2CCN(S(=O)(=O)c3c(C)noc3C)CC2)nc(C)n1. The third kappa shape index (κ3) is 3.51. The molecule has 0 aliphatic carbocycles. The number of rotatable bonds is 5. The summed E-state index contributed by atoms with van der Waals surface area (Å²) in [5.74, 6) is 2.60. The summed E-state index contributed by atoms with van der Waals surface area (Å²) in [7, 11) is -3.61. The monoisotopic (exact) mass is 380 g/mol. The Kier molecular flexibility index (Phi) is 5.15. The number of sulfonamides is 1. The van der Waals surface area contributed by atoms with Gasteiger partial charge in [-0.25, -0.2) is 18.4 Å². The van der Waals surface area contributed by atoms with Crippen molar-refractivity contribution in [3.8, 4) is 0 Å². The third-order valence-corrected chi connectivity index (χ3v) is 6.45. The molecule has 26 heavy (non-hydrogen) atoms. The van der Waals surface area contributed by atoms with E-state index in [1.165, 1.54) is 4.31 Å². The zero-order valence-electron chi connectivity index (χ0n) is 15.5. The van der Waals surface area contributed by atoms with Gasteiger partial charge in [0.05, 0.1) is 0 Å². The van der Waals surface area contributed by atoms with Crippen LogP contribution in [0.3, 0.4) is 0 Å². The summed E-state index contributed by atoms with van der Waals surface area (Å²) in [6.07, 6.45) is 0. The molecule has 0 bridgehead atoms. The van der Waals surface area contributed by atoms with E-state index in [-0.39, 0.29) is 4.90 Å². The smallest absolute Gasteiger partial charge is 0.248 e. The number of aromatic nitrogens is 3. The van der Waals surface area contributed by atoms with Gasteiger partial charge in [-0.2, -0.15) is 4.31 Å². The summed E-state index contributed by atoms with van der Waals surface area (Å²) < 4.78 is 32.3. The van der Waals surface area contributed by atoms with Gasteiger partial charge in [0.1, 0.15) is 28.0 Å². The minimum absolute atomic E-state index is 0.179. The molecule has 0 unspecified atom stereocenters. The average molecular weight is 380 g/mol. The van der Waals surface area contributed by atoms with Gasteiger partial charge in [0.2, 0.25) is 10.0 Å². The topological polar surface area (TPSA) is 104 Å². The molecule has 1 saturated heterocycles. The Morgan fingerprint density at radius 1 is 1.15 bits per heavy atom. The minimum Gasteiger partial charge on any atom is -0.370 e. The summed E-state index contributed by atoms with van der Waals surface area (Å²) in [6.45, 7) is 9.78. The van der Waals surface area contributed by atoms with Gasteiger partial charge in [0.25, 0.3) is 0 Å². The van der Waals surface area contributed by atoms with E-state index in [1.807, 2.05) is 19.9 Å². The van der Waals surface area contributed by atoms with Crippen LogP contribution in [0.5, 0.6) is 0 Å².